The molecule has 0 aromatic heterocycles. The van der Waals surface area contributed by atoms with Crippen molar-refractivity contribution in [2.24, 2.45) is 0 Å². The summed E-state index contributed by atoms with van der Waals surface area (Å²) in [6.45, 7) is 2.08. The van der Waals surface area contributed by atoms with Gasteiger partial charge in [0.05, 0.1) is 6.61 Å². The zero-order chi connectivity index (χ0) is 14.7. The zero-order valence-corrected chi connectivity index (χ0v) is 12.1. The van der Waals surface area contributed by atoms with Gasteiger partial charge in [-0.1, -0.05) is 0 Å². The summed E-state index contributed by atoms with van der Waals surface area (Å²) in [6, 6.07) is 6.85. The summed E-state index contributed by atoms with van der Waals surface area (Å²) in [4.78, 5) is 14.1. The number of carbonyl (C=O) groups is 1. The number of benzene rings is 1. The van der Waals surface area contributed by atoms with Crippen LogP contribution in [0.1, 0.15) is 25.7 Å². The monoisotopic (exact) mass is 292 g/mol. The molecule has 21 heavy (non-hydrogen) atoms. The van der Waals surface area contributed by atoms with Crippen molar-refractivity contribution >= 4 is 5.91 Å². The second-order valence-electron chi connectivity index (χ2n) is 5.84. The van der Waals surface area contributed by atoms with Crippen LogP contribution < -0.4 is 10.1 Å². The first-order valence-electron chi connectivity index (χ1n) is 7.63. The van der Waals surface area contributed by atoms with E-state index in [9.17, 15) is 9.18 Å². The van der Waals surface area contributed by atoms with E-state index < -0.39 is 0 Å². The summed E-state index contributed by atoms with van der Waals surface area (Å²) in [7, 11) is 0. The molecule has 2 aliphatic rings. The maximum Gasteiger partial charge on any atom is 0.224 e. The molecule has 2 atom stereocenters. The topological polar surface area (TPSA) is 41.6 Å². The second-order valence-corrected chi connectivity index (χ2v) is 5.84. The maximum atomic E-state index is 12.8. The Kier molecular flexibility index (Phi) is 4.39. The lowest BCUT2D eigenvalue weighted by Gasteiger charge is -2.24. The molecule has 1 N–H and O–H groups in total. The van der Waals surface area contributed by atoms with E-state index in [0.29, 0.717) is 30.9 Å². The lowest BCUT2D eigenvalue weighted by atomic mass is 10.1. The summed E-state index contributed by atoms with van der Waals surface area (Å²) >= 11 is 0. The van der Waals surface area contributed by atoms with E-state index in [4.69, 9.17) is 4.74 Å². The molecule has 3 rings (SSSR count). The van der Waals surface area contributed by atoms with Crippen molar-refractivity contribution in [3.05, 3.63) is 30.1 Å². The van der Waals surface area contributed by atoms with Gasteiger partial charge in [0, 0.05) is 31.6 Å². The van der Waals surface area contributed by atoms with E-state index >= 15 is 0 Å². The highest BCUT2D eigenvalue weighted by atomic mass is 19.1. The fourth-order valence-electron chi connectivity index (χ4n) is 3.11. The van der Waals surface area contributed by atoms with Crippen molar-refractivity contribution < 1.29 is 13.9 Å². The van der Waals surface area contributed by atoms with Crippen molar-refractivity contribution in [2.45, 2.75) is 37.8 Å². The third-order valence-electron chi connectivity index (χ3n) is 4.20. The van der Waals surface area contributed by atoms with Gasteiger partial charge < -0.3 is 15.0 Å². The number of hydrogen-bond donors (Lipinski definition) is 1. The summed E-state index contributed by atoms with van der Waals surface area (Å²) in [5.41, 5.74) is 0. The number of nitrogens with zero attached hydrogens (tertiary/aromatic N) is 1. The lowest BCUT2D eigenvalue weighted by Crippen LogP contribution is -2.38. The molecule has 0 spiro atoms. The Labute approximate surface area is 124 Å². The van der Waals surface area contributed by atoms with Gasteiger partial charge in [-0.2, -0.15) is 0 Å². The smallest absolute Gasteiger partial charge is 0.224 e. The van der Waals surface area contributed by atoms with Crippen LogP contribution in [0.25, 0.3) is 0 Å². The predicted octanol–water partition coefficient (Wildman–Crippen LogP) is 1.95. The fourth-order valence-corrected chi connectivity index (χ4v) is 3.11. The molecule has 114 valence electrons. The van der Waals surface area contributed by atoms with E-state index in [-0.39, 0.29) is 11.7 Å². The molecule has 0 radical (unpaired) electrons. The van der Waals surface area contributed by atoms with Crippen LogP contribution in [0, 0.1) is 5.82 Å². The molecule has 5 heteroatoms. The molecule has 1 aromatic rings. The average Bonchev–Trinajstić information content (AvgIpc) is 2.84. The molecule has 2 aliphatic heterocycles. The number of hydrogen-bond acceptors (Lipinski definition) is 3. The van der Waals surface area contributed by atoms with Crippen LogP contribution in [0.2, 0.25) is 0 Å². The van der Waals surface area contributed by atoms with Crippen molar-refractivity contribution in [1.29, 1.82) is 0 Å². The summed E-state index contributed by atoms with van der Waals surface area (Å²) in [5, 5.41) is 3.51. The first-order chi connectivity index (χ1) is 10.2. The van der Waals surface area contributed by atoms with E-state index in [2.05, 4.69) is 5.32 Å². The molecule has 1 amide bonds. The Bertz CT molecular complexity index is 492. The van der Waals surface area contributed by atoms with Crippen LogP contribution in [0.15, 0.2) is 24.3 Å². The molecular formula is C16H21FN2O2. The third-order valence-corrected chi connectivity index (χ3v) is 4.20. The minimum absolute atomic E-state index is 0.247. The van der Waals surface area contributed by atoms with Crippen LogP contribution in [0.4, 0.5) is 4.39 Å². The van der Waals surface area contributed by atoms with Crippen LogP contribution in [0.5, 0.6) is 5.75 Å². The minimum Gasteiger partial charge on any atom is -0.494 e. The first kappa shape index (κ1) is 14.3. The molecule has 4 nitrogen and oxygen atoms in total. The van der Waals surface area contributed by atoms with Crippen molar-refractivity contribution in [1.82, 2.24) is 10.2 Å². The Hall–Kier alpha value is -1.62. The molecule has 2 fully saturated rings. The van der Waals surface area contributed by atoms with Gasteiger partial charge in [0.2, 0.25) is 5.91 Å². The SMILES string of the molecule is O=C1CC2CCC(CN1CCCOc1ccc(F)cc1)N2. The van der Waals surface area contributed by atoms with Gasteiger partial charge in [0.15, 0.2) is 0 Å². The van der Waals surface area contributed by atoms with E-state index in [1.165, 1.54) is 18.6 Å². The summed E-state index contributed by atoms with van der Waals surface area (Å²) < 4.78 is 18.3. The Morgan fingerprint density at radius 1 is 1.24 bits per heavy atom. The van der Waals surface area contributed by atoms with E-state index in [1.54, 1.807) is 12.1 Å². The minimum atomic E-state index is -0.264. The number of halogens is 1. The van der Waals surface area contributed by atoms with Crippen molar-refractivity contribution in [2.75, 3.05) is 19.7 Å². The number of amides is 1. The highest BCUT2D eigenvalue weighted by Gasteiger charge is 2.32. The molecule has 0 aliphatic carbocycles. The zero-order valence-electron chi connectivity index (χ0n) is 12.1. The average molecular weight is 292 g/mol. The molecule has 2 bridgehead atoms. The third kappa shape index (κ3) is 3.73. The van der Waals surface area contributed by atoms with Gasteiger partial charge >= 0.3 is 0 Å². The number of ether oxygens (including phenoxy) is 1. The van der Waals surface area contributed by atoms with E-state index in [1.807, 2.05) is 4.90 Å². The highest BCUT2D eigenvalue weighted by Crippen LogP contribution is 2.21. The Morgan fingerprint density at radius 3 is 2.81 bits per heavy atom. The molecule has 2 saturated heterocycles. The van der Waals surface area contributed by atoms with Crippen LogP contribution in [-0.4, -0.2) is 42.6 Å². The molecule has 0 saturated carbocycles. The van der Waals surface area contributed by atoms with Crippen LogP contribution in [-0.2, 0) is 4.79 Å². The standard InChI is InChI=1S/C16H21FN2O2/c17-12-2-6-15(7-3-12)21-9-1-8-19-11-14-5-4-13(18-14)10-16(19)20/h2-3,6-7,13-14,18H,1,4-5,8-11H2. The lowest BCUT2D eigenvalue weighted by molar-refractivity contribution is -0.131. The number of fused-ring (bicyclic) bond motifs is 2. The molecule has 2 heterocycles. The number of rotatable bonds is 5. The van der Waals surface area contributed by atoms with Gasteiger partial charge in [0.25, 0.3) is 0 Å². The number of carbonyl (C=O) groups excluding carboxylic acids is 1. The molecule has 1 aromatic carbocycles. The second kappa shape index (κ2) is 6.43. The fraction of sp³-hybridized carbons (Fsp3) is 0.562. The normalized spacial score (nSPS) is 25.0. The van der Waals surface area contributed by atoms with Gasteiger partial charge in [0.1, 0.15) is 11.6 Å². The number of nitrogens with one attached hydrogen (secondary N) is 1. The Morgan fingerprint density at radius 2 is 2.00 bits per heavy atom. The number of likely N-dealkylation sites (tertiary alicyclic amines) is 1. The summed E-state index contributed by atoms with van der Waals surface area (Å²) in [5.74, 6) is 0.649. The Balaban J connectivity index is 1.42. The predicted molar refractivity (Wildman–Crippen MR) is 77.7 cm³/mol. The molecular weight excluding hydrogens is 271 g/mol. The largest absolute Gasteiger partial charge is 0.494 e. The van der Waals surface area contributed by atoms with Crippen LogP contribution in [0.3, 0.4) is 0 Å². The van der Waals surface area contributed by atoms with E-state index in [0.717, 1.165) is 25.9 Å². The van der Waals surface area contributed by atoms with Crippen LogP contribution >= 0.6 is 0 Å². The van der Waals surface area contributed by atoms with Gasteiger partial charge in [-0.25, -0.2) is 4.39 Å². The quantitative estimate of drug-likeness (QED) is 0.843. The highest BCUT2D eigenvalue weighted by molar-refractivity contribution is 5.77. The van der Waals surface area contributed by atoms with Gasteiger partial charge in [-0.3, -0.25) is 4.79 Å². The van der Waals surface area contributed by atoms with Crippen molar-refractivity contribution in [3.8, 4) is 5.75 Å². The maximum absolute atomic E-state index is 12.8. The van der Waals surface area contributed by atoms with Gasteiger partial charge in [-0.15, -0.1) is 0 Å². The first-order valence-corrected chi connectivity index (χ1v) is 7.63. The summed E-state index contributed by atoms with van der Waals surface area (Å²) in [6.07, 6.45) is 3.70. The van der Waals surface area contributed by atoms with Crippen molar-refractivity contribution in [3.63, 3.8) is 0 Å². The van der Waals surface area contributed by atoms with Gasteiger partial charge in [-0.05, 0) is 43.5 Å². The molecule has 2 unspecified atom stereocenters.